The fraction of sp³-hybridized carbons (Fsp3) is 0.417. The van der Waals surface area contributed by atoms with Gasteiger partial charge in [0.1, 0.15) is 6.04 Å². The Balaban J connectivity index is 2.97. The van der Waals surface area contributed by atoms with Gasteiger partial charge < -0.3 is 20.4 Å². The molecule has 0 aliphatic heterocycles. The first-order valence-electron chi connectivity index (χ1n) is 5.46. The van der Waals surface area contributed by atoms with Crippen molar-refractivity contribution in [2.75, 3.05) is 19.8 Å². The fourth-order valence-corrected chi connectivity index (χ4v) is 1.53. The summed E-state index contributed by atoms with van der Waals surface area (Å²) < 4.78 is 0. The van der Waals surface area contributed by atoms with Gasteiger partial charge in [-0.15, -0.1) is 0 Å². The molecule has 0 saturated heterocycles. The minimum Gasteiger partial charge on any atom is -0.480 e. The topological polar surface area (TPSA) is 110 Å². The zero-order chi connectivity index (χ0) is 13.6. The zero-order valence-electron chi connectivity index (χ0n) is 9.78. The minimum atomic E-state index is -1.43. The Morgan fingerprint density at radius 1 is 1.11 bits per heavy atom. The van der Waals surface area contributed by atoms with Crippen molar-refractivity contribution in [1.82, 2.24) is 5.32 Å². The molecule has 0 spiro atoms. The van der Waals surface area contributed by atoms with E-state index in [1.807, 2.05) is 0 Å². The second-order valence-corrected chi connectivity index (χ2v) is 4.08. The SMILES string of the molecule is O=C(O)C(NC(CO)(CO)CO)c1ccccc1. The Bertz CT molecular complexity index is 369. The number of carbonyl (C=O) groups is 1. The maximum Gasteiger partial charge on any atom is 0.325 e. The van der Waals surface area contributed by atoms with Crippen LogP contribution in [0.1, 0.15) is 11.6 Å². The largest absolute Gasteiger partial charge is 0.480 e. The van der Waals surface area contributed by atoms with Crippen molar-refractivity contribution in [2.24, 2.45) is 0 Å². The van der Waals surface area contributed by atoms with Gasteiger partial charge in [-0.25, -0.2) is 0 Å². The predicted octanol–water partition coefficient (Wildman–Crippen LogP) is -0.882. The third kappa shape index (κ3) is 3.27. The van der Waals surface area contributed by atoms with Crippen LogP contribution >= 0.6 is 0 Å². The quantitative estimate of drug-likeness (QED) is 0.433. The fourth-order valence-electron chi connectivity index (χ4n) is 1.53. The van der Waals surface area contributed by atoms with Gasteiger partial charge in [0.15, 0.2) is 0 Å². The standard InChI is InChI=1S/C12H17NO5/c14-6-12(7-15,8-16)13-10(11(17)18)9-4-2-1-3-5-9/h1-5,10,13-16H,6-8H2,(H,17,18). The highest BCUT2D eigenvalue weighted by atomic mass is 16.4. The van der Waals surface area contributed by atoms with Gasteiger partial charge in [-0.3, -0.25) is 10.1 Å². The van der Waals surface area contributed by atoms with E-state index < -0.39 is 37.4 Å². The summed E-state index contributed by atoms with van der Waals surface area (Å²) in [5.74, 6) is -1.15. The first kappa shape index (κ1) is 14.6. The number of benzene rings is 1. The van der Waals surface area contributed by atoms with Crippen molar-refractivity contribution in [3.8, 4) is 0 Å². The molecule has 0 bridgehead atoms. The zero-order valence-corrected chi connectivity index (χ0v) is 9.78. The van der Waals surface area contributed by atoms with Crippen molar-refractivity contribution < 1.29 is 25.2 Å². The van der Waals surface area contributed by atoms with Crippen molar-refractivity contribution in [3.63, 3.8) is 0 Å². The van der Waals surface area contributed by atoms with E-state index in [1.165, 1.54) is 0 Å². The Kier molecular flexibility index (Phi) is 5.24. The lowest BCUT2D eigenvalue weighted by molar-refractivity contribution is -0.141. The third-order valence-electron chi connectivity index (χ3n) is 2.74. The number of nitrogens with one attached hydrogen (secondary N) is 1. The van der Waals surface area contributed by atoms with Gasteiger partial charge in [-0.2, -0.15) is 0 Å². The second-order valence-electron chi connectivity index (χ2n) is 4.08. The Morgan fingerprint density at radius 2 is 1.61 bits per heavy atom. The highest BCUT2D eigenvalue weighted by molar-refractivity contribution is 5.75. The average Bonchev–Trinajstić information content (AvgIpc) is 2.42. The van der Waals surface area contributed by atoms with Gasteiger partial charge in [-0.05, 0) is 5.56 Å². The first-order valence-corrected chi connectivity index (χ1v) is 5.46. The van der Waals surface area contributed by atoms with E-state index in [-0.39, 0.29) is 0 Å². The van der Waals surface area contributed by atoms with Crippen molar-refractivity contribution in [3.05, 3.63) is 35.9 Å². The number of hydrogen-bond acceptors (Lipinski definition) is 5. The number of rotatable bonds is 7. The third-order valence-corrected chi connectivity index (χ3v) is 2.74. The summed E-state index contributed by atoms with van der Waals surface area (Å²) in [5, 5.41) is 39.3. The van der Waals surface area contributed by atoms with E-state index >= 15 is 0 Å². The smallest absolute Gasteiger partial charge is 0.325 e. The van der Waals surface area contributed by atoms with E-state index in [0.29, 0.717) is 5.56 Å². The van der Waals surface area contributed by atoms with E-state index in [2.05, 4.69) is 5.32 Å². The summed E-state index contributed by atoms with van der Waals surface area (Å²) >= 11 is 0. The van der Waals surface area contributed by atoms with Gasteiger partial charge in [-0.1, -0.05) is 30.3 Å². The van der Waals surface area contributed by atoms with E-state index in [4.69, 9.17) is 5.11 Å². The number of aliphatic hydroxyl groups is 3. The predicted molar refractivity (Wildman–Crippen MR) is 63.9 cm³/mol. The van der Waals surface area contributed by atoms with Crippen LogP contribution in [0.5, 0.6) is 0 Å². The molecule has 1 aromatic rings. The van der Waals surface area contributed by atoms with Gasteiger partial charge in [0.25, 0.3) is 0 Å². The Hall–Kier alpha value is -1.47. The van der Waals surface area contributed by atoms with Crippen LogP contribution in [0.4, 0.5) is 0 Å². The molecule has 0 saturated carbocycles. The molecule has 18 heavy (non-hydrogen) atoms. The first-order chi connectivity index (χ1) is 8.58. The van der Waals surface area contributed by atoms with Crippen LogP contribution in [0.25, 0.3) is 0 Å². The van der Waals surface area contributed by atoms with E-state index in [9.17, 15) is 20.1 Å². The van der Waals surface area contributed by atoms with Gasteiger partial charge >= 0.3 is 5.97 Å². The summed E-state index contributed by atoms with van der Waals surface area (Å²) in [6.07, 6.45) is 0. The van der Waals surface area contributed by atoms with Gasteiger partial charge in [0.2, 0.25) is 0 Å². The lowest BCUT2D eigenvalue weighted by Crippen LogP contribution is -2.57. The molecule has 1 unspecified atom stereocenters. The Morgan fingerprint density at radius 3 is 2.00 bits per heavy atom. The van der Waals surface area contributed by atoms with Crippen molar-refractivity contribution in [1.29, 1.82) is 0 Å². The molecule has 100 valence electrons. The van der Waals surface area contributed by atoms with Crippen molar-refractivity contribution in [2.45, 2.75) is 11.6 Å². The molecule has 0 fully saturated rings. The molecule has 0 aliphatic rings. The number of aliphatic hydroxyl groups excluding tert-OH is 3. The average molecular weight is 255 g/mol. The van der Waals surface area contributed by atoms with Crippen LogP contribution in [-0.2, 0) is 4.79 Å². The summed E-state index contributed by atoms with van der Waals surface area (Å²) in [5.41, 5.74) is -0.955. The molecule has 6 heteroatoms. The molecule has 0 radical (unpaired) electrons. The molecule has 1 rings (SSSR count). The lowest BCUT2D eigenvalue weighted by Gasteiger charge is -2.32. The summed E-state index contributed by atoms with van der Waals surface area (Å²) in [6.45, 7) is -1.72. The normalized spacial score (nSPS) is 13.3. The number of aliphatic carboxylic acids is 1. The monoisotopic (exact) mass is 255 g/mol. The van der Waals surface area contributed by atoms with Crippen LogP contribution in [0.2, 0.25) is 0 Å². The second kappa shape index (κ2) is 6.46. The van der Waals surface area contributed by atoms with Crippen LogP contribution in [-0.4, -0.2) is 51.8 Å². The minimum absolute atomic E-state index is 0.477. The number of carboxylic acids is 1. The molecule has 1 aromatic carbocycles. The molecule has 6 nitrogen and oxygen atoms in total. The van der Waals surface area contributed by atoms with Crippen molar-refractivity contribution >= 4 is 5.97 Å². The summed E-state index contributed by atoms with van der Waals surface area (Å²) in [4.78, 5) is 11.2. The lowest BCUT2D eigenvalue weighted by atomic mass is 9.98. The van der Waals surface area contributed by atoms with Crippen LogP contribution in [0.3, 0.4) is 0 Å². The summed E-state index contributed by atoms with van der Waals surface area (Å²) in [6, 6.07) is 7.24. The van der Waals surface area contributed by atoms with E-state index in [0.717, 1.165) is 0 Å². The molecule has 0 amide bonds. The van der Waals surface area contributed by atoms with Gasteiger partial charge in [0, 0.05) is 0 Å². The molecule has 0 heterocycles. The molecule has 1 atom stereocenters. The molecule has 0 aromatic heterocycles. The summed E-state index contributed by atoms with van der Waals surface area (Å²) in [7, 11) is 0. The highest BCUT2D eigenvalue weighted by Crippen LogP contribution is 2.17. The number of hydrogen-bond donors (Lipinski definition) is 5. The molecule has 0 aliphatic carbocycles. The molecule has 5 N–H and O–H groups in total. The maximum atomic E-state index is 11.2. The van der Waals surface area contributed by atoms with Crippen LogP contribution < -0.4 is 5.32 Å². The maximum absolute atomic E-state index is 11.2. The Labute approximate surface area is 105 Å². The highest BCUT2D eigenvalue weighted by Gasteiger charge is 2.34. The van der Waals surface area contributed by atoms with Crippen LogP contribution in [0.15, 0.2) is 30.3 Å². The van der Waals surface area contributed by atoms with Crippen LogP contribution in [0, 0.1) is 0 Å². The van der Waals surface area contributed by atoms with Gasteiger partial charge in [0.05, 0.1) is 25.4 Å². The molecular formula is C12H17NO5. The van der Waals surface area contributed by atoms with E-state index in [1.54, 1.807) is 30.3 Å². The molecular weight excluding hydrogens is 238 g/mol. The number of carboxylic acid groups (broad SMARTS) is 1.